The third-order valence-corrected chi connectivity index (χ3v) is 2.91. The molecule has 2 N–H and O–H groups in total. The topological polar surface area (TPSA) is 69.6 Å². The number of hydrogen-bond acceptors (Lipinski definition) is 3. The van der Waals surface area contributed by atoms with Gasteiger partial charge in [-0.1, -0.05) is 11.6 Å². The molecule has 3 amide bonds. The SMILES string of the molecule is CC(C)=C1NC(=O)N(c2cc(O)c(Cl)cc2F)C1=O. The average molecular weight is 285 g/mol. The second-order valence-electron chi connectivity index (χ2n) is 4.20. The normalized spacial score (nSPS) is 14.9. The number of aromatic hydroxyl groups is 1. The van der Waals surface area contributed by atoms with Crippen LogP contribution in [0.3, 0.4) is 0 Å². The van der Waals surface area contributed by atoms with E-state index in [2.05, 4.69) is 5.32 Å². The molecular formula is C12H10ClFN2O3. The van der Waals surface area contributed by atoms with Crippen LogP contribution in [0.4, 0.5) is 14.9 Å². The molecule has 5 nitrogen and oxygen atoms in total. The molecule has 1 aromatic rings. The lowest BCUT2D eigenvalue weighted by Gasteiger charge is -2.13. The van der Waals surface area contributed by atoms with E-state index in [0.29, 0.717) is 10.5 Å². The Balaban J connectivity index is 2.55. The summed E-state index contributed by atoms with van der Waals surface area (Å²) in [6.07, 6.45) is 0. The summed E-state index contributed by atoms with van der Waals surface area (Å²) in [4.78, 5) is 24.4. The first-order valence-corrected chi connectivity index (χ1v) is 5.71. The number of halogens is 2. The lowest BCUT2D eigenvalue weighted by molar-refractivity contribution is -0.114. The van der Waals surface area contributed by atoms with Crippen molar-refractivity contribution in [1.82, 2.24) is 5.32 Å². The number of nitrogens with zero attached hydrogens (tertiary/aromatic N) is 1. The molecule has 100 valence electrons. The van der Waals surface area contributed by atoms with Gasteiger partial charge in [0.05, 0.1) is 10.7 Å². The Morgan fingerprint density at radius 1 is 1.37 bits per heavy atom. The number of rotatable bonds is 1. The largest absolute Gasteiger partial charge is 0.506 e. The molecular weight excluding hydrogens is 275 g/mol. The molecule has 0 saturated carbocycles. The predicted octanol–water partition coefficient (Wildman–Crippen LogP) is 2.53. The molecule has 1 aromatic carbocycles. The summed E-state index contributed by atoms with van der Waals surface area (Å²) in [6, 6.07) is 0.998. The number of nitrogens with one attached hydrogen (secondary N) is 1. The number of carbonyl (C=O) groups is 2. The van der Waals surface area contributed by atoms with Gasteiger partial charge in [-0.25, -0.2) is 14.1 Å². The molecule has 1 saturated heterocycles. The van der Waals surface area contributed by atoms with Crippen LogP contribution < -0.4 is 10.2 Å². The van der Waals surface area contributed by atoms with Crippen molar-refractivity contribution in [2.75, 3.05) is 4.90 Å². The highest BCUT2D eigenvalue weighted by Gasteiger charge is 2.37. The van der Waals surface area contributed by atoms with Gasteiger partial charge in [0.2, 0.25) is 0 Å². The van der Waals surface area contributed by atoms with Gasteiger partial charge in [-0.15, -0.1) is 0 Å². The summed E-state index contributed by atoms with van der Waals surface area (Å²) < 4.78 is 13.8. The number of allylic oxidation sites excluding steroid dienone is 1. The maximum atomic E-state index is 13.8. The lowest BCUT2D eigenvalue weighted by Crippen LogP contribution is -2.31. The quantitative estimate of drug-likeness (QED) is 0.615. The van der Waals surface area contributed by atoms with Crippen LogP contribution in [0.1, 0.15) is 13.8 Å². The van der Waals surface area contributed by atoms with Crippen LogP contribution in [0.15, 0.2) is 23.4 Å². The third-order valence-electron chi connectivity index (χ3n) is 2.61. The lowest BCUT2D eigenvalue weighted by atomic mass is 10.2. The van der Waals surface area contributed by atoms with Gasteiger partial charge >= 0.3 is 6.03 Å². The Morgan fingerprint density at radius 3 is 2.53 bits per heavy atom. The zero-order chi connectivity index (χ0) is 14.3. The van der Waals surface area contributed by atoms with Crippen molar-refractivity contribution in [2.24, 2.45) is 0 Å². The molecule has 0 aliphatic carbocycles. The van der Waals surface area contributed by atoms with Crippen molar-refractivity contribution in [1.29, 1.82) is 0 Å². The molecule has 0 spiro atoms. The van der Waals surface area contributed by atoms with Gasteiger partial charge in [0.1, 0.15) is 17.3 Å². The van der Waals surface area contributed by atoms with E-state index in [0.717, 1.165) is 12.1 Å². The minimum atomic E-state index is -0.874. The average Bonchev–Trinajstić information content (AvgIpc) is 2.60. The molecule has 19 heavy (non-hydrogen) atoms. The number of hydrogen-bond donors (Lipinski definition) is 2. The van der Waals surface area contributed by atoms with Crippen molar-refractivity contribution < 1.29 is 19.1 Å². The fraction of sp³-hybridized carbons (Fsp3) is 0.167. The molecule has 0 radical (unpaired) electrons. The zero-order valence-corrected chi connectivity index (χ0v) is 10.9. The number of benzene rings is 1. The number of phenols is 1. The second kappa shape index (κ2) is 4.55. The number of amides is 3. The number of anilines is 1. The Hall–Kier alpha value is -2.08. The molecule has 0 unspecified atom stereocenters. The van der Waals surface area contributed by atoms with Gasteiger partial charge < -0.3 is 10.4 Å². The highest BCUT2D eigenvalue weighted by molar-refractivity contribution is 6.32. The highest BCUT2D eigenvalue weighted by Crippen LogP contribution is 2.33. The Morgan fingerprint density at radius 2 is 2.00 bits per heavy atom. The van der Waals surface area contributed by atoms with Crippen molar-refractivity contribution in [3.8, 4) is 5.75 Å². The van der Waals surface area contributed by atoms with E-state index in [4.69, 9.17) is 11.6 Å². The number of phenolic OH excluding ortho intramolecular Hbond substituents is 1. The first kappa shape index (κ1) is 13.4. The molecule has 1 heterocycles. The van der Waals surface area contributed by atoms with Crippen molar-refractivity contribution in [3.05, 3.63) is 34.2 Å². The molecule has 2 rings (SSSR count). The van der Waals surface area contributed by atoms with Gasteiger partial charge in [-0.05, 0) is 25.5 Å². The molecule has 7 heteroatoms. The predicted molar refractivity (Wildman–Crippen MR) is 67.5 cm³/mol. The van der Waals surface area contributed by atoms with Crippen LogP contribution in [0.25, 0.3) is 0 Å². The van der Waals surface area contributed by atoms with Gasteiger partial charge in [-0.2, -0.15) is 0 Å². The van der Waals surface area contributed by atoms with Crippen molar-refractivity contribution >= 4 is 29.2 Å². The maximum Gasteiger partial charge on any atom is 0.333 e. The van der Waals surface area contributed by atoms with Crippen molar-refractivity contribution in [2.45, 2.75) is 13.8 Å². The molecule has 1 aliphatic rings. The van der Waals surface area contributed by atoms with E-state index < -0.39 is 23.5 Å². The van der Waals surface area contributed by atoms with Gasteiger partial charge in [0.15, 0.2) is 0 Å². The van der Waals surface area contributed by atoms with E-state index in [1.807, 2.05) is 0 Å². The summed E-state index contributed by atoms with van der Waals surface area (Å²) in [5, 5.41) is 11.6. The van der Waals surface area contributed by atoms with Crippen LogP contribution >= 0.6 is 11.6 Å². The molecule has 0 bridgehead atoms. The monoisotopic (exact) mass is 284 g/mol. The van der Waals surface area contributed by atoms with E-state index in [-0.39, 0.29) is 16.4 Å². The summed E-state index contributed by atoms with van der Waals surface area (Å²) in [5.74, 6) is -1.96. The standard InChI is InChI=1S/C12H10ClFN2O3/c1-5(2)10-11(18)16(12(19)15-10)8-4-9(17)6(13)3-7(8)14/h3-4,17H,1-2H3,(H,15,19). The minimum Gasteiger partial charge on any atom is -0.506 e. The fourth-order valence-corrected chi connectivity index (χ4v) is 1.83. The molecule has 1 aliphatic heterocycles. The van der Waals surface area contributed by atoms with Crippen LogP contribution in [0.2, 0.25) is 5.02 Å². The smallest absolute Gasteiger partial charge is 0.333 e. The second-order valence-corrected chi connectivity index (χ2v) is 4.61. The minimum absolute atomic E-state index is 0.0961. The van der Waals surface area contributed by atoms with Crippen LogP contribution in [0.5, 0.6) is 5.75 Å². The number of carbonyl (C=O) groups excluding carboxylic acids is 2. The summed E-state index contributed by atoms with van der Waals surface area (Å²) >= 11 is 5.54. The highest BCUT2D eigenvalue weighted by atomic mass is 35.5. The van der Waals surface area contributed by atoms with Gasteiger partial charge in [-0.3, -0.25) is 4.79 Å². The van der Waals surface area contributed by atoms with Gasteiger partial charge in [0, 0.05) is 6.07 Å². The Labute approximate surface area is 113 Å². The zero-order valence-electron chi connectivity index (χ0n) is 10.1. The van der Waals surface area contributed by atoms with E-state index >= 15 is 0 Å². The maximum absolute atomic E-state index is 13.8. The Bertz CT molecular complexity index is 624. The summed E-state index contributed by atoms with van der Waals surface area (Å²) in [6.45, 7) is 3.29. The van der Waals surface area contributed by atoms with E-state index in [1.165, 1.54) is 0 Å². The van der Waals surface area contributed by atoms with E-state index in [1.54, 1.807) is 13.8 Å². The third kappa shape index (κ3) is 2.15. The number of urea groups is 1. The van der Waals surface area contributed by atoms with Crippen LogP contribution in [0, 0.1) is 5.82 Å². The van der Waals surface area contributed by atoms with Crippen molar-refractivity contribution in [3.63, 3.8) is 0 Å². The summed E-state index contributed by atoms with van der Waals surface area (Å²) in [7, 11) is 0. The molecule has 1 fully saturated rings. The van der Waals surface area contributed by atoms with Gasteiger partial charge in [0.25, 0.3) is 5.91 Å². The summed E-state index contributed by atoms with van der Waals surface area (Å²) in [5.41, 5.74) is 0.346. The molecule has 0 atom stereocenters. The van der Waals surface area contributed by atoms with Crippen LogP contribution in [-0.4, -0.2) is 17.0 Å². The number of imide groups is 1. The van der Waals surface area contributed by atoms with E-state index in [9.17, 15) is 19.1 Å². The molecule has 0 aromatic heterocycles. The first-order valence-electron chi connectivity index (χ1n) is 5.34. The Kier molecular flexibility index (Phi) is 3.20. The van der Waals surface area contributed by atoms with Crippen LogP contribution in [-0.2, 0) is 4.79 Å². The first-order chi connectivity index (χ1) is 8.82. The fourth-order valence-electron chi connectivity index (χ4n) is 1.68.